The van der Waals surface area contributed by atoms with Crippen molar-refractivity contribution in [3.63, 3.8) is 0 Å². The summed E-state index contributed by atoms with van der Waals surface area (Å²) in [4.78, 5) is 4.47. The van der Waals surface area contributed by atoms with E-state index in [0.717, 1.165) is 31.0 Å². The molecular formula is C11H21N3. The summed E-state index contributed by atoms with van der Waals surface area (Å²) in [5, 5.41) is 3.35. The van der Waals surface area contributed by atoms with E-state index >= 15 is 0 Å². The van der Waals surface area contributed by atoms with Crippen LogP contribution in [-0.4, -0.2) is 16.1 Å². The highest BCUT2D eigenvalue weighted by molar-refractivity contribution is 5.29. The van der Waals surface area contributed by atoms with Crippen LogP contribution in [0.1, 0.15) is 45.3 Å². The van der Waals surface area contributed by atoms with Crippen LogP contribution in [0.4, 0.5) is 5.95 Å². The van der Waals surface area contributed by atoms with Crippen molar-refractivity contribution in [1.29, 1.82) is 0 Å². The molecule has 0 aliphatic heterocycles. The van der Waals surface area contributed by atoms with Gasteiger partial charge in [-0.25, -0.2) is 4.98 Å². The number of anilines is 1. The van der Waals surface area contributed by atoms with Crippen LogP contribution in [0.25, 0.3) is 0 Å². The van der Waals surface area contributed by atoms with E-state index in [0.29, 0.717) is 6.04 Å². The Morgan fingerprint density at radius 1 is 1.50 bits per heavy atom. The van der Waals surface area contributed by atoms with E-state index in [2.05, 4.69) is 41.8 Å². The predicted octanol–water partition coefficient (Wildman–Crippen LogP) is 2.98. The zero-order chi connectivity index (χ0) is 10.6. The van der Waals surface area contributed by atoms with Crippen molar-refractivity contribution >= 4 is 5.95 Å². The maximum absolute atomic E-state index is 4.47. The highest BCUT2D eigenvalue weighted by Crippen LogP contribution is 2.18. The van der Waals surface area contributed by atoms with Gasteiger partial charge in [-0.3, -0.25) is 0 Å². The van der Waals surface area contributed by atoms with E-state index in [1.54, 1.807) is 0 Å². The number of aromatic nitrogens is 2. The fourth-order valence-electron chi connectivity index (χ4n) is 1.42. The lowest BCUT2D eigenvalue weighted by Gasteiger charge is -2.14. The van der Waals surface area contributed by atoms with E-state index in [9.17, 15) is 0 Å². The number of nitrogens with zero attached hydrogens (tertiary/aromatic N) is 2. The number of hydrogen-bond acceptors (Lipinski definition) is 2. The summed E-state index contributed by atoms with van der Waals surface area (Å²) in [6.07, 6.45) is 4.38. The Hall–Kier alpha value is -0.990. The topological polar surface area (TPSA) is 29.9 Å². The van der Waals surface area contributed by atoms with Gasteiger partial charge in [0.1, 0.15) is 0 Å². The van der Waals surface area contributed by atoms with Gasteiger partial charge in [-0.1, -0.05) is 13.8 Å². The Bertz CT molecular complexity index is 278. The summed E-state index contributed by atoms with van der Waals surface area (Å²) < 4.78 is 2.23. The van der Waals surface area contributed by atoms with Crippen LogP contribution in [0, 0.1) is 6.92 Å². The Morgan fingerprint density at radius 3 is 2.79 bits per heavy atom. The molecule has 1 unspecified atom stereocenters. The molecule has 0 amide bonds. The van der Waals surface area contributed by atoms with E-state index in [1.807, 2.05) is 6.92 Å². The monoisotopic (exact) mass is 195 g/mol. The molecule has 0 aliphatic carbocycles. The number of rotatable bonds is 5. The van der Waals surface area contributed by atoms with Crippen LogP contribution in [-0.2, 0) is 0 Å². The minimum Gasteiger partial charge on any atom is -0.356 e. The second-order valence-corrected chi connectivity index (χ2v) is 3.80. The van der Waals surface area contributed by atoms with Crippen molar-refractivity contribution in [3.8, 4) is 0 Å². The molecule has 3 heteroatoms. The lowest BCUT2D eigenvalue weighted by atomic mass is 10.2. The maximum Gasteiger partial charge on any atom is 0.203 e. The Kier molecular flexibility index (Phi) is 3.98. The van der Waals surface area contributed by atoms with Gasteiger partial charge in [0.2, 0.25) is 5.95 Å². The fourth-order valence-corrected chi connectivity index (χ4v) is 1.42. The molecule has 1 N–H and O–H groups in total. The van der Waals surface area contributed by atoms with Crippen LogP contribution in [0.15, 0.2) is 6.20 Å². The molecule has 1 aromatic heterocycles. The molecule has 0 bridgehead atoms. The Labute approximate surface area is 86.5 Å². The molecule has 3 nitrogen and oxygen atoms in total. The molecule has 0 saturated heterocycles. The maximum atomic E-state index is 4.47. The zero-order valence-electron chi connectivity index (χ0n) is 9.67. The minimum absolute atomic E-state index is 0.524. The van der Waals surface area contributed by atoms with Crippen molar-refractivity contribution in [3.05, 3.63) is 11.9 Å². The molecule has 1 heterocycles. The first-order valence-corrected chi connectivity index (χ1v) is 5.48. The predicted molar refractivity (Wildman–Crippen MR) is 60.7 cm³/mol. The molecule has 1 rings (SSSR count). The lowest BCUT2D eigenvalue weighted by Crippen LogP contribution is -2.10. The van der Waals surface area contributed by atoms with Gasteiger partial charge >= 0.3 is 0 Å². The molecule has 1 atom stereocenters. The zero-order valence-corrected chi connectivity index (χ0v) is 9.67. The highest BCUT2D eigenvalue weighted by Gasteiger charge is 2.09. The van der Waals surface area contributed by atoms with E-state index < -0.39 is 0 Å². The van der Waals surface area contributed by atoms with Gasteiger partial charge < -0.3 is 9.88 Å². The summed E-state index contributed by atoms with van der Waals surface area (Å²) in [7, 11) is 0. The lowest BCUT2D eigenvalue weighted by molar-refractivity contribution is 0.534. The Balaban J connectivity index is 2.79. The summed E-state index contributed by atoms with van der Waals surface area (Å²) in [6, 6.07) is 0.524. The molecular weight excluding hydrogens is 174 g/mol. The van der Waals surface area contributed by atoms with Crippen molar-refractivity contribution in [1.82, 2.24) is 9.55 Å². The smallest absolute Gasteiger partial charge is 0.203 e. The van der Waals surface area contributed by atoms with Crippen molar-refractivity contribution in [2.24, 2.45) is 0 Å². The van der Waals surface area contributed by atoms with Gasteiger partial charge in [0.05, 0.1) is 5.69 Å². The standard InChI is InChI=1S/C11H21N3/c1-5-7-12-11-13-9(3)8-14(11)10(4)6-2/h8,10H,5-7H2,1-4H3,(H,12,13). The second kappa shape index (κ2) is 5.03. The van der Waals surface area contributed by atoms with Gasteiger partial charge in [0, 0.05) is 18.8 Å². The van der Waals surface area contributed by atoms with Gasteiger partial charge in [0.15, 0.2) is 0 Å². The van der Waals surface area contributed by atoms with Crippen LogP contribution in [0.3, 0.4) is 0 Å². The molecule has 0 saturated carbocycles. The van der Waals surface area contributed by atoms with Gasteiger partial charge in [0.25, 0.3) is 0 Å². The van der Waals surface area contributed by atoms with Gasteiger partial charge in [-0.2, -0.15) is 0 Å². The number of hydrogen-bond donors (Lipinski definition) is 1. The number of imidazole rings is 1. The normalized spacial score (nSPS) is 12.9. The van der Waals surface area contributed by atoms with E-state index in [-0.39, 0.29) is 0 Å². The number of aryl methyl sites for hydroxylation is 1. The minimum atomic E-state index is 0.524. The third kappa shape index (κ3) is 2.50. The summed E-state index contributed by atoms with van der Waals surface area (Å²) in [6.45, 7) is 9.61. The van der Waals surface area contributed by atoms with Gasteiger partial charge in [-0.05, 0) is 26.7 Å². The van der Waals surface area contributed by atoms with Crippen molar-refractivity contribution < 1.29 is 0 Å². The van der Waals surface area contributed by atoms with E-state index in [1.165, 1.54) is 0 Å². The number of nitrogens with one attached hydrogen (secondary N) is 1. The molecule has 1 aromatic rings. The summed E-state index contributed by atoms with van der Waals surface area (Å²) in [5.74, 6) is 1.01. The molecule has 0 fully saturated rings. The largest absolute Gasteiger partial charge is 0.356 e. The van der Waals surface area contributed by atoms with Crippen LogP contribution < -0.4 is 5.32 Å². The first-order valence-electron chi connectivity index (χ1n) is 5.48. The van der Waals surface area contributed by atoms with Crippen LogP contribution in [0.2, 0.25) is 0 Å². The second-order valence-electron chi connectivity index (χ2n) is 3.80. The first-order chi connectivity index (χ1) is 6.69. The van der Waals surface area contributed by atoms with Crippen molar-refractivity contribution in [2.45, 2.75) is 46.6 Å². The van der Waals surface area contributed by atoms with Crippen molar-refractivity contribution in [2.75, 3.05) is 11.9 Å². The quantitative estimate of drug-likeness (QED) is 0.782. The fraction of sp³-hybridized carbons (Fsp3) is 0.727. The van der Waals surface area contributed by atoms with Crippen LogP contribution >= 0.6 is 0 Å². The SMILES string of the molecule is CCCNc1nc(C)cn1C(C)CC. The summed E-state index contributed by atoms with van der Waals surface area (Å²) >= 11 is 0. The third-order valence-corrected chi connectivity index (χ3v) is 2.45. The average molecular weight is 195 g/mol. The third-order valence-electron chi connectivity index (χ3n) is 2.45. The Morgan fingerprint density at radius 2 is 2.21 bits per heavy atom. The summed E-state index contributed by atoms with van der Waals surface area (Å²) in [5.41, 5.74) is 1.09. The average Bonchev–Trinajstić information content (AvgIpc) is 2.55. The van der Waals surface area contributed by atoms with E-state index in [4.69, 9.17) is 0 Å². The molecule has 80 valence electrons. The molecule has 0 radical (unpaired) electrons. The molecule has 0 aromatic carbocycles. The van der Waals surface area contributed by atoms with Gasteiger partial charge in [-0.15, -0.1) is 0 Å². The first kappa shape index (κ1) is 11.1. The molecule has 14 heavy (non-hydrogen) atoms. The highest BCUT2D eigenvalue weighted by atomic mass is 15.2. The molecule has 0 spiro atoms. The molecule has 0 aliphatic rings. The van der Waals surface area contributed by atoms with Crippen LogP contribution in [0.5, 0.6) is 0 Å².